The fourth-order valence-corrected chi connectivity index (χ4v) is 1.14. The molecule has 0 saturated heterocycles. The monoisotopic (exact) mass is 210 g/mol. The Bertz CT molecular complexity index is 403. The molecule has 0 aliphatic rings. The van der Waals surface area contributed by atoms with Gasteiger partial charge in [-0.05, 0) is 29.8 Å². The number of nitrogens with zero attached hydrogens (tertiary/aromatic N) is 2. The second kappa shape index (κ2) is 4.50. The molecule has 0 spiro atoms. The van der Waals surface area contributed by atoms with Crippen molar-refractivity contribution in [1.82, 2.24) is 4.98 Å². The van der Waals surface area contributed by atoms with Gasteiger partial charge in [0.15, 0.2) is 0 Å². The Labute approximate surface area is 86.0 Å². The summed E-state index contributed by atoms with van der Waals surface area (Å²) in [5.74, 6) is -0.888. The maximum Gasteiger partial charge on any atom is 0.367 e. The lowest BCUT2D eigenvalue weighted by Crippen LogP contribution is -2.08. The number of pyridine rings is 1. The summed E-state index contributed by atoms with van der Waals surface area (Å²) in [5, 5.41) is 10.5. The zero-order valence-corrected chi connectivity index (χ0v) is 8.39. The molecule has 0 radical (unpaired) electrons. The van der Waals surface area contributed by atoms with Gasteiger partial charge in [0, 0.05) is 0 Å². The zero-order valence-electron chi connectivity index (χ0n) is 8.39. The van der Waals surface area contributed by atoms with Crippen molar-refractivity contribution >= 4 is 11.8 Å². The molecule has 0 N–H and O–H groups in total. The molecule has 0 aliphatic heterocycles. The Morgan fingerprint density at radius 2 is 2.33 bits per heavy atom. The molecule has 0 aromatic carbocycles. The minimum absolute atomic E-state index is 0.179. The van der Waals surface area contributed by atoms with E-state index in [-0.39, 0.29) is 23.6 Å². The molecule has 15 heavy (non-hydrogen) atoms. The average molecular weight is 210 g/mol. The van der Waals surface area contributed by atoms with Crippen molar-refractivity contribution in [3.8, 4) is 0 Å². The van der Waals surface area contributed by atoms with E-state index in [0.29, 0.717) is 0 Å². The summed E-state index contributed by atoms with van der Waals surface area (Å²) in [6.45, 7) is 3.37. The second-order valence-electron chi connectivity index (χ2n) is 2.78. The Morgan fingerprint density at radius 1 is 1.67 bits per heavy atom. The van der Waals surface area contributed by atoms with Crippen LogP contribution in [0.3, 0.4) is 0 Å². The van der Waals surface area contributed by atoms with Gasteiger partial charge in [-0.1, -0.05) is 0 Å². The topological polar surface area (TPSA) is 82.3 Å². The number of ether oxygens (including phenoxy) is 1. The molecule has 0 saturated carbocycles. The van der Waals surface area contributed by atoms with Gasteiger partial charge in [0.2, 0.25) is 0 Å². The summed E-state index contributed by atoms with van der Waals surface area (Å²) in [6.07, 6.45) is 1.22. The molecule has 6 heteroatoms. The summed E-state index contributed by atoms with van der Waals surface area (Å²) >= 11 is 0. The maximum absolute atomic E-state index is 11.4. The van der Waals surface area contributed by atoms with Gasteiger partial charge < -0.3 is 14.9 Å². The predicted octanol–water partition coefficient (Wildman–Crippen LogP) is 1.47. The van der Waals surface area contributed by atoms with Crippen LogP contribution in [0.25, 0.3) is 0 Å². The highest BCUT2D eigenvalue weighted by molar-refractivity contribution is 5.91. The number of nitro groups is 1. The first-order chi connectivity index (χ1) is 7.07. The highest BCUT2D eigenvalue weighted by Crippen LogP contribution is 2.18. The van der Waals surface area contributed by atoms with Gasteiger partial charge in [-0.15, -0.1) is 0 Å². The maximum atomic E-state index is 11.4. The van der Waals surface area contributed by atoms with Crippen molar-refractivity contribution in [1.29, 1.82) is 0 Å². The van der Waals surface area contributed by atoms with Gasteiger partial charge in [-0.2, -0.15) is 0 Å². The third kappa shape index (κ3) is 2.28. The molecule has 0 unspecified atom stereocenters. The summed E-state index contributed by atoms with van der Waals surface area (Å²) in [7, 11) is 0. The lowest BCUT2D eigenvalue weighted by Gasteiger charge is -2.04. The third-order valence-electron chi connectivity index (χ3n) is 1.85. The number of carbonyl (C=O) groups is 1. The number of hydrogen-bond acceptors (Lipinski definition) is 5. The van der Waals surface area contributed by atoms with Crippen molar-refractivity contribution in [3.63, 3.8) is 0 Å². The number of aromatic nitrogens is 1. The van der Waals surface area contributed by atoms with Crippen LogP contribution in [0.4, 0.5) is 5.82 Å². The molecule has 1 rings (SSSR count). The summed E-state index contributed by atoms with van der Waals surface area (Å²) < 4.78 is 4.75. The number of hydrogen-bond donors (Lipinski definition) is 0. The average Bonchev–Trinajstić information content (AvgIpc) is 2.17. The molecule has 1 heterocycles. The van der Waals surface area contributed by atoms with Crippen LogP contribution in [0.1, 0.15) is 22.8 Å². The third-order valence-corrected chi connectivity index (χ3v) is 1.85. The van der Waals surface area contributed by atoms with E-state index in [2.05, 4.69) is 4.98 Å². The molecule has 0 fully saturated rings. The van der Waals surface area contributed by atoms with Crippen LogP contribution >= 0.6 is 0 Å². The normalized spacial score (nSPS) is 9.73. The molecule has 80 valence electrons. The fraction of sp³-hybridized carbons (Fsp3) is 0.333. The number of esters is 1. The minimum atomic E-state index is -0.627. The largest absolute Gasteiger partial charge is 0.462 e. The van der Waals surface area contributed by atoms with Crippen molar-refractivity contribution in [2.75, 3.05) is 6.61 Å². The lowest BCUT2D eigenvalue weighted by atomic mass is 10.1. The Hall–Kier alpha value is -1.98. The van der Waals surface area contributed by atoms with E-state index in [9.17, 15) is 14.9 Å². The van der Waals surface area contributed by atoms with E-state index in [4.69, 9.17) is 4.74 Å². The van der Waals surface area contributed by atoms with Gasteiger partial charge in [0.05, 0.1) is 17.7 Å². The summed E-state index contributed by atoms with van der Waals surface area (Å²) in [6, 6.07) is 1.40. The van der Waals surface area contributed by atoms with Crippen LogP contribution in [-0.4, -0.2) is 22.5 Å². The van der Waals surface area contributed by atoms with Crippen LogP contribution in [-0.2, 0) is 4.74 Å². The standard InChI is InChI=1S/C9H10N2O4/c1-3-15-9(12)7-4-5-10-8(6(7)2)11(13)14/h4-5H,3H2,1-2H3. The highest BCUT2D eigenvalue weighted by Gasteiger charge is 2.19. The first-order valence-electron chi connectivity index (χ1n) is 4.35. The second-order valence-corrected chi connectivity index (χ2v) is 2.78. The molecular formula is C9H10N2O4. The Kier molecular flexibility index (Phi) is 3.33. The zero-order chi connectivity index (χ0) is 11.4. The van der Waals surface area contributed by atoms with Gasteiger partial charge in [-0.3, -0.25) is 0 Å². The van der Waals surface area contributed by atoms with E-state index >= 15 is 0 Å². The number of rotatable bonds is 3. The molecule has 0 amide bonds. The molecule has 0 bridgehead atoms. The summed E-state index contributed by atoms with van der Waals surface area (Å²) in [5.41, 5.74) is 0.402. The minimum Gasteiger partial charge on any atom is -0.462 e. The van der Waals surface area contributed by atoms with Crippen molar-refractivity contribution in [3.05, 3.63) is 33.5 Å². The van der Waals surface area contributed by atoms with Crippen molar-refractivity contribution in [2.24, 2.45) is 0 Å². The highest BCUT2D eigenvalue weighted by atomic mass is 16.6. The first-order valence-corrected chi connectivity index (χ1v) is 4.35. The van der Waals surface area contributed by atoms with Crippen LogP contribution in [0, 0.1) is 17.0 Å². The summed E-state index contributed by atoms with van der Waals surface area (Å²) in [4.78, 5) is 24.9. The van der Waals surface area contributed by atoms with Crippen molar-refractivity contribution < 1.29 is 14.5 Å². The molecule has 0 atom stereocenters. The van der Waals surface area contributed by atoms with Gasteiger partial charge in [0.25, 0.3) is 0 Å². The van der Waals surface area contributed by atoms with Gasteiger partial charge in [-0.25, -0.2) is 4.79 Å². The molecule has 1 aromatic rings. The molecule has 6 nitrogen and oxygen atoms in total. The van der Waals surface area contributed by atoms with Gasteiger partial charge in [0.1, 0.15) is 6.20 Å². The Balaban J connectivity index is 3.15. The predicted molar refractivity (Wildman–Crippen MR) is 51.6 cm³/mol. The van der Waals surface area contributed by atoms with Crippen molar-refractivity contribution in [2.45, 2.75) is 13.8 Å². The first kappa shape index (κ1) is 11.1. The van der Waals surface area contributed by atoms with E-state index in [0.717, 1.165) is 0 Å². The lowest BCUT2D eigenvalue weighted by molar-refractivity contribution is -0.390. The van der Waals surface area contributed by atoms with E-state index < -0.39 is 10.9 Å². The molecular weight excluding hydrogens is 200 g/mol. The smallest absolute Gasteiger partial charge is 0.367 e. The molecule has 0 aliphatic carbocycles. The SMILES string of the molecule is CCOC(=O)c1ccnc([N+](=O)[O-])c1C. The van der Waals surface area contributed by atoms with E-state index in [1.54, 1.807) is 6.92 Å². The van der Waals surface area contributed by atoms with E-state index in [1.165, 1.54) is 19.2 Å². The van der Waals surface area contributed by atoms with E-state index in [1.807, 2.05) is 0 Å². The number of carbonyl (C=O) groups excluding carboxylic acids is 1. The fourth-order valence-electron chi connectivity index (χ4n) is 1.14. The molecule has 1 aromatic heterocycles. The van der Waals surface area contributed by atoms with Crippen LogP contribution < -0.4 is 0 Å². The Morgan fingerprint density at radius 3 is 2.87 bits per heavy atom. The van der Waals surface area contributed by atoms with Crippen LogP contribution in [0.15, 0.2) is 12.3 Å². The van der Waals surface area contributed by atoms with Gasteiger partial charge >= 0.3 is 11.8 Å². The quantitative estimate of drug-likeness (QED) is 0.428. The van der Waals surface area contributed by atoms with Crippen LogP contribution in [0.5, 0.6) is 0 Å². The van der Waals surface area contributed by atoms with Crippen LogP contribution in [0.2, 0.25) is 0 Å².